The van der Waals surface area contributed by atoms with Crippen LogP contribution in [0.5, 0.6) is 0 Å². The molecule has 0 saturated heterocycles. The van der Waals surface area contributed by atoms with Gasteiger partial charge in [0.2, 0.25) is 5.91 Å². The zero-order valence-electron chi connectivity index (χ0n) is 11.1. The molecule has 18 heavy (non-hydrogen) atoms. The highest BCUT2D eigenvalue weighted by Gasteiger charge is 2.31. The molecule has 2 N–H and O–H groups in total. The van der Waals surface area contributed by atoms with Gasteiger partial charge in [0.15, 0.2) is 0 Å². The SMILES string of the molecule is CC(=O)[C@@H](S)C(CC(C)C)C(=O)N[C@@H](C)C(=O)O. The van der Waals surface area contributed by atoms with Crippen LogP contribution in [-0.4, -0.2) is 34.1 Å². The van der Waals surface area contributed by atoms with Crippen molar-refractivity contribution in [2.24, 2.45) is 11.8 Å². The number of Topliss-reactive ketones (excluding diaryl/α,β-unsaturated/α-hetero) is 1. The summed E-state index contributed by atoms with van der Waals surface area (Å²) in [6.45, 7) is 6.62. The molecule has 1 unspecified atom stereocenters. The van der Waals surface area contributed by atoms with Gasteiger partial charge in [0.05, 0.1) is 11.2 Å². The van der Waals surface area contributed by atoms with Gasteiger partial charge >= 0.3 is 5.97 Å². The van der Waals surface area contributed by atoms with Crippen LogP contribution in [0.4, 0.5) is 0 Å². The van der Waals surface area contributed by atoms with Gasteiger partial charge in [-0.1, -0.05) is 13.8 Å². The average Bonchev–Trinajstić information content (AvgIpc) is 2.23. The third-order valence-corrected chi connectivity index (χ3v) is 3.31. The molecule has 0 heterocycles. The number of carboxylic acid groups (broad SMARTS) is 1. The highest BCUT2D eigenvalue weighted by molar-refractivity contribution is 7.81. The van der Waals surface area contributed by atoms with E-state index in [-0.39, 0.29) is 11.7 Å². The second kappa shape index (κ2) is 7.41. The first-order valence-corrected chi connectivity index (χ1v) is 6.40. The lowest BCUT2D eigenvalue weighted by atomic mass is 9.91. The molecular weight excluding hydrogens is 254 g/mol. The van der Waals surface area contributed by atoms with Crippen LogP contribution in [0.3, 0.4) is 0 Å². The molecule has 0 spiro atoms. The Balaban J connectivity index is 4.80. The Morgan fingerprint density at radius 3 is 2.06 bits per heavy atom. The first kappa shape index (κ1) is 17.0. The number of amides is 1. The molecule has 0 radical (unpaired) electrons. The molecular formula is C12H21NO4S. The summed E-state index contributed by atoms with van der Waals surface area (Å²) in [5.74, 6) is -2.12. The molecule has 0 aromatic heterocycles. The zero-order chi connectivity index (χ0) is 14.5. The van der Waals surface area contributed by atoms with Crippen molar-refractivity contribution < 1.29 is 19.5 Å². The summed E-state index contributed by atoms with van der Waals surface area (Å²) in [6, 6.07) is -0.973. The van der Waals surface area contributed by atoms with Crippen molar-refractivity contribution in [3.63, 3.8) is 0 Å². The molecule has 1 amide bonds. The van der Waals surface area contributed by atoms with Gasteiger partial charge in [-0.2, -0.15) is 12.6 Å². The average molecular weight is 275 g/mol. The molecule has 0 aliphatic carbocycles. The van der Waals surface area contributed by atoms with Crippen LogP contribution >= 0.6 is 12.6 Å². The van der Waals surface area contributed by atoms with Crippen molar-refractivity contribution in [1.82, 2.24) is 5.32 Å². The van der Waals surface area contributed by atoms with Gasteiger partial charge in [0.1, 0.15) is 11.8 Å². The normalized spacial score (nSPS) is 15.9. The summed E-state index contributed by atoms with van der Waals surface area (Å²) in [7, 11) is 0. The Labute approximate surface area is 113 Å². The Bertz CT molecular complexity index is 330. The highest BCUT2D eigenvalue weighted by Crippen LogP contribution is 2.21. The van der Waals surface area contributed by atoms with Crippen LogP contribution in [0.2, 0.25) is 0 Å². The quantitative estimate of drug-likeness (QED) is 0.608. The number of nitrogens with one attached hydrogen (secondary N) is 1. The third-order valence-electron chi connectivity index (χ3n) is 2.59. The Kier molecular flexibility index (Phi) is 6.98. The van der Waals surface area contributed by atoms with Gasteiger partial charge < -0.3 is 10.4 Å². The number of carboxylic acids is 1. The van der Waals surface area contributed by atoms with Crippen LogP contribution in [-0.2, 0) is 14.4 Å². The minimum absolute atomic E-state index is 0.192. The van der Waals surface area contributed by atoms with Crippen LogP contribution in [0.25, 0.3) is 0 Å². The van der Waals surface area contributed by atoms with E-state index in [1.165, 1.54) is 13.8 Å². The van der Waals surface area contributed by atoms with Crippen LogP contribution < -0.4 is 5.32 Å². The van der Waals surface area contributed by atoms with E-state index in [1.54, 1.807) is 0 Å². The molecule has 3 atom stereocenters. The molecule has 0 aliphatic heterocycles. The van der Waals surface area contributed by atoms with Crippen molar-refractivity contribution >= 4 is 30.3 Å². The number of ketones is 1. The number of hydrogen-bond acceptors (Lipinski definition) is 4. The highest BCUT2D eigenvalue weighted by atomic mass is 32.1. The summed E-state index contributed by atoms with van der Waals surface area (Å²) in [6.07, 6.45) is 0.492. The fraction of sp³-hybridized carbons (Fsp3) is 0.750. The van der Waals surface area contributed by atoms with Gasteiger partial charge in [-0.3, -0.25) is 14.4 Å². The molecule has 0 aliphatic rings. The Morgan fingerprint density at radius 2 is 1.72 bits per heavy atom. The molecule has 104 valence electrons. The minimum atomic E-state index is -1.11. The van der Waals surface area contributed by atoms with E-state index >= 15 is 0 Å². The molecule has 0 saturated carbocycles. The molecule has 0 aromatic rings. The monoisotopic (exact) mass is 275 g/mol. The predicted molar refractivity (Wildman–Crippen MR) is 71.6 cm³/mol. The van der Waals surface area contributed by atoms with Crippen LogP contribution in [0, 0.1) is 11.8 Å². The standard InChI is InChI=1S/C12H21NO4S/c1-6(2)5-9(10(18)8(4)14)11(15)13-7(3)12(16)17/h6-7,9-10,18H,5H2,1-4H3,(H,13,15)(H,16,17)/t7-,9?,10+/m0/s1. The van der Waals surface area contributed by atoms with Gasteiger partial charge in [0.25, 0.3) is 0 Å². The van der Waals surface area contributed by atoms with Gasteiger partial charge in [-0.05, 0) is 26.2 Å². The van der Waals surface area contributed by atoms with E-state index in [4.69, 9.17) is 5.11 Å². The van der Waals surface area contributed by atoms with Crippen LogP contribution in [0.15, 0.2) is 0 Å². The number of rotatable bonds is 7. The van der Waals surface area contributed by atoms with Crippen LogP contribution in [0.1, 0.15) is 34.1 Å². The summed E-state index contributed by atoms with van der Waals surface area (Å²) >= 11 is 4.15. The summed E-state index contributed by atoms with van der Waals surface area (Å²) in [5.41, 5.74) is 0. The van der Waals surface area contributed by atoms with Crippen molar-refractivity contribution in [3.8, 4) is 0 Å². The minimum Gasteiger partial charge on any atom is -0.480 e. The van der Waals surface area contributed by atoms with E-state index in [2.05, 4.69) is 17.9 Å². The summed E-state index contributed by atoms with van der Waals surface area (Å²) in [5, 5.41) is 10.4. The lowest BCUT2D eigenvalue weighted by molar-refractivity contribution is -0.142. The summed E-state index contributed by atoms with van der Waals surface area (Å²) < 4.78 is 0. The molecule has 0 aromatic carbocycles. The first-order valence-electron chi connectivity index (χ1n) is 5.88. The van der Waals surface area contributed by atoms with Crippen molar-refractivity contribution in [2.45, 2.75) is 45.4 Å². The smallest absolute Gasteiger partial charge is 0.325 e. The van der Waals surface area contributed by atoms with Gasteiger partial charge in [-0.15, -0.1) is 0 Å². The maximum absolute atomic E-state index is 12.0. The third kappa shape index (κ3) is 5.53. The fourth-order valence-corrected chi connectivity index (χ4v) is 1.81. The van der Waals surface area contributed by atoms with Crippen molar-refractivity contribution in [3.05, 3.63) is 0 Å². The Hall–Kier alpha value is -1.04. The maximum Gasteiger partial charge on any atom is 0.325 e. The molecule has 0 bridgehead atoms. The first-order chi connectivity index (χ1) is 8.16. The van der Waals surface area contributed by atoms with Crippen molar-refractivity contribution in [2.75, 3.05) is 0 Å². The number of aliphatic carboxylic acids is 1. The zero-order valence-corrected chi connectivity index (χ0v) is 12.0. The summed E-state index contributed by atoms with van der Waals surface area (Å²) in [4.78, 5) is 34.0. The van der Waals surface area contributed by atoms with E-state index in [0.717, 1.165) is 0 Å². The number of carbonyl (C=O) groups excluding carboxylic acids is 2. The number of carbonyl (C=O) groups is 3. The molecule has 0 fully saturated rings. The molecule has 6 heteroatoms. The number of hydrogen-bond donors (Lipinski definition) is 3. The van der Waals surface area contributed by atoms with E-state index in [0.29, 0.717) is 6.42 Å². The maximum atomic E-state index is 12.0. The largest absolute Gasteiger partial charge is 0.480 e. The van der Waals surface area contributed by atoms with Gasteiger partial charge in [-0.25, -0.2) is 0 Å². The molecule has 5 nitrogen and oxygen atoms in total. The van der Waals surface area contributed by atoms with E-state index < -0.39 is 29.1 Å². The fourth-order valence-electron chi connectivity index (χ4n) is 1.55. The lowest BCUT2D eigenvalue weighted by Crippen LogP contribution is -2.45. The predicted octanol–water partition coefficient (Wildman–Crippen LogP) is 1.13. The second-order valence-corrected chi connectivity index (χ2v) is 5.42. The van der Waals surface area contributed by atoms with E-state index in [9.17, 15) is 14.4 Å². The lowest BCUT2D eigenvalue weighted by Gasteiger charge is -2.23. The van der Waals surface area contributed by atoms with Crippen molar-refractivity contribution in [1.29, 1.82) is 0 Å². The Morgan fingerprint density at radius 1 is 1.22 bits per heavy atom. The second-order valence-electron chi connectivity index (χ2n) is 4.86. The topological polar surface area (TPSA) is 83.5 Å². The number of thiol groups is 1. The van der Waals surface area contributed by atoms with E-state index in [1.807, 2.05) is 13.8 Å². The van der Waals surface area contributed by atoms with Gasteiger partial charge in [0, 0.05) is 0 Å². The molecule has 0 rings (SSSR count).